The summed E-state index contributed by atoms with van der Waals surface area (Å²) in [4.78, 5) is 29.5. The Labute approximate surface area is 156 Å². The van der Waals surface area contributed by atoms with E-state index in [1.807, 2.05) is 6.07 Å². The molecule has 4 heterocycles. The van der Waals surface area contributed by atoms with E-state index in [0.717, 1.165) is 31.7 Å². The van der Waals surface area contributed by atoms with Crippen LogP contribution in [0.4, 0.5) is 11.6 Å². The van der Waals surface area contributed by atoms with Crippen molar-refractivity contribution in [2.75, 3.05) is 43.4 Å². The van der Waals surface area contributed by atoms with Gasteiger partial charge in [-0.3, -0.25) is 9.78 Å². The van der Waals surface area contributed by atoms with Crippen LogP contribution in [0.1, 0.15) is 10.5 Å². The predicted octanol–water partition coefficient (Wildman–Crippen LogP) is 1.53. The Morgan fingerprint density at radius 1 is 1.15 bits per heavy atom. The normalized spacial score (nSPS) is 14.9. The van der Waals surface area contributed by atoms with Gasteiger partial charge in [0.05, 0.1) is 18.1 Å². The Balaban J connectivity index is 1.40. The number of rotatable bonds is 4. The molecule has 4 rings (SSSR count). The number of hydrogen-bond acceptors (Lipinski definition) is 8. The van der Waals surface area contributed by atoms with E-state index in [2.05, 4.69) is 42.3 Å². The zero-order valence-electron chi connectivity index (χ0n) is 14.9. The van der Waals surface area contributed by atoms with Gasteiger partial charge >= 0.3 is 0 Å². The van der Waals surface area contributed by atoms with Gasteiger partial charge in [-0.15, -0.1) is 0 Å². The molecule has 1 aliphatic heterocycles. The van der Waals surface area contributed by atoms with Crippen LogP contribution in [0.5, 0.6) is 0 Å². The van der Waals surface area contributed by atoms with Gasteiger partial charge in [-0.05, 0) is 19.2 Å². The average molecular weight is 365 g/mol. The number of aromatic nitrogens is 4. The summed E-state index contributed by atoms with van der Waals surface area (Å²) in [5, 5.41) is 6.55. The van der Waals surface area contributed by atoms with E-state index >= 15 is 0 Å². The molecular weight excluding hydrogens is 346 g/mol. The quantitative estimate of drug-likeness (QED) is 0.743. The molecule has 138 valence electrons. The molecule has 9 heteroatoms. The minimum atomic E-state index is -0.384. The van der Waals surface area contributed by atoms with Crippen LogP contribution in [0.3, 0.4) is 0 Å². The number of anilines is 2. The highest BCUT2D eigenvalue weighted by atomic mass is 16.5. The fourth-order valence-corrected chi connectivity index (χ4v) is 2.78. The van der Waals surface area contributed by atoms with E-state index in [-0.39, 0.29) is 11.6 Å². The van der Waals surface area contributed by atoms with Crippen molar-refractivity contribution in [3.8, 4) is 11.3 Å². The number of likely N-dealkylation sites (N-methyl/N-ethyl adjacent to an activating group) is 1. The van der Waals surface area contributed by atoms with Gasteiger partial charge < -0.3 is 19.6 Å². The Hall–Kier alpha value is -3.33. The Bertz CT molecular complexity index is 903. The molecule has 3 aromatic rings. The molecule has 1 fully saturated rings. The number of piperazine rings is 1. The maximum atomic E-state index is 12.4. The standard InChI is InChI=1S/C18H19N7O2/c1-24-5-7-25(8-6-24)18-20-11-14(12-21-18)22-17(26)15-9-16(27-23-15)13-3-2-4-19-10-13/h2-4,9-12H,5-8H2,1H3,(H,22,26). The molecule has 1 aliphatic rings. The molecule has 0 saturated carbocycles. The molecule has 0 aliphatic carbocycles. The number of nitrogens with zero attached hydrogens (tertiary/aromatic N) is 6. The Morgan fingerprint density at radius 2 is 1.93 bits per heavy atom. The molecule has 0 unspecified atom stereocenters. The Kier molecular flexibility index (Phi) is 4.75. The first-order valence-electron chi connectivity index (χ1n) is 8.63. The first-order chi connectivity index (χ1) is 13.2. The monoisotopic (exact) mass is 365 g/mol. The predicted molar refractivity (Wildman–Crippen MR) is 99.4 cm³/mol. The first-order valence-corrected chi connectivity index (χ1v) is 8.63. The van der Waals surface area contributed by atoms with E-state index in [9.17, 15) is 4.79 Å². The highest BCUT2D eigenvalue weighted by Gasteiger charge is 2.17. The molecule has 1 saturated heterocycles. The van der Waals surface area contributed by atoms with Gasteiger partial charge in [0.15, 0.2) is 11.5 Å². The molecule has 0 bridgehead atoms. The van der Waals surface area contributed by atoms with Crippen LogP contribution < -0.4 is 10.2 Å². The molecule has 0 spiro atoms. The minimum Gasteiger partial charge on any atom is -0.355 e. The molecule has 3 aromatic heterocycles. The third-order valence-electron chi connectivity index (χ3n) is 4.37. The minimum absolute atomic E-state index is 0.178. The van der Waals surface area contributed by atoms with Crippen molar-refractivity contribution in [3.63, 3.8) is 0 Å². The maximum Gasteiger partial charge on any atom is 0.277 e. The third kappa shape index (κ3) is 3.93. The lowest BCUT2D eigenvalue weighted by Gasteiger charge is -2.32. The summed E-state index contributed by atoms with van der Waals surface area (Å²) in [5.41, 5.74) is 1.43. The van der Waals surface area contributed by atoms with Crippen LogP contribution in [0.2, 0.25) is 0 Å². The van der Waals surface area contributed by atoms with Crippen LogP contribution >= 0.6 is 0 Å². The number of nitrogens with one attached hydrogen (secondary N) is 1. The van der Waals surface area contributed by atoms with Crippen molar-refractivity contribution in [3.05, 3.63) is 48.7 Å². The van der Waals surface area contributed by atoms with Crippen LogP contribution in [0.25, 0.3) is 11.3 Å². The van der Waals surface area contributed by atoms with E-state index < -0.39 is 0 Å². The van der Waals surface area contributed by atoms with Crippen LogP contribution in [-0.2, 0) is 0 Å². The number of amides is 1. The lowest BCUT2D eigenvalue weighted by atomic mass is 10.2. The van der Waals surface area contributed by atoms with Crippen molar-refractivity contribution in [1.29, 1.82) is 0 Å². The zero-order chi connectivity index (χ0) is 18.6. The van der Waals surface area contributed by atoms with Gasteiger partial charge in [0, 0.05) is 50.2 Å². The van der Waals surface area contributed by atoms with E-state index in [0.29, 0.717) is 17.4 Å². The number of hydrogen-bond donors (Lipinski definition) is 1. The summed E-state index contributed by atoms with van der Waals surface area (Å²) in [6, 6.07) is 5.20. The molecule has 0 aromatic carbocycles. The topological polar surface area (TPSA) is 100 Å². The summed E-state index contributed by atoms with van der Waals surface area (Å²) in [5.74, 6) is 0.765. The van der Waals surface area contributed by atoms with Crippen LogP contribution in [0.15, 0.2) is 47.5 Å². The van der Waals surface area contributed by atoms with Crippen molar-refractivity contribution < 1.29 is 9.32 Å². The molecule has 1 N–H and O–H groups in total. The lowest BCUT2D eigenvalue weighted by Crippen LogP contribution is -2.45. The molecular formula is C18H19N7O2. The maximum absolute atomic E-state index is 12.4. The zero-order valence-corrected chi connectivity index (χ0v) is 14.9. The fraction of sp³-hybridized carbons (Fsp3) is 0.278. The van der Waals surface area contributed by atoms with Gasteiger partial charge in [-0.2, -0.15) is 0 Å². The number of pyridine rings is 1. The number of carbonyl (C=O) groups is 1. The summed E-state index contributed by atoms with van der Waals surface area (Å²) >= 11 is 0. The summed E-state index contributed by atoms with van der Waals surface area (Å²) in [6.07, 6.45) is 6.51. The molecule has 0 radical (unpaired) electrons. The van der Waals surface area contributed by atoms with Crippen molar-refractivity contribution >= 4 is 17.5 Å². The highest BCUT2D eigenvalue weighted by Crippen LogP contribution is 2.19. The van der Waals surface area contributed by atoms with Gasteiger partial charge in [0.1, 0.15) is 0 Å². The SMILES string of the molecule is CN1CCN(c2ncc(NC(=O)c3cc(-c4cccnc4)on3)cn2)CC1. The highest BCUT2D eigenvalue weighted by molar-refractivity contribution is 6.03. The van der Waals surface area contributed by atoms with E-state index in [1.165, 1.54) is 0 Å². The summed E-state index contributed by atoms with van der Waals surface area (Å²) in [6.45, 7) is 3.73. The summed E-state index contributed by atoms with van der Waals surface area (Å²) < 4.78 is 5.22. The van der Waals surface area contributed by atoms with Crippen molar-refractivity contribution in [2.24, 2.45) is 0 Å². The largest absolute Gasteiger partial charge is 0.355 e. The second-order valence-corrected chi connectivity index (χ2v) is 6.33. The van der Waals surface area contributed by atoms with Gasteiger partial charge in [0.25, 0.3) is 5.91 Å². The molecule has 9 nitrogen and oxygen atoms in total. The smallest absolute Gasteiger partial charge is 0.277 e. The van der Waals surface area contributed by atoms with E-state index in [1.54, 1.807) is 36.9 Å². The van der Waals surface area contributed by atoms with Gasteiger partial charge in [-0.1, -0.05) is 5.16 Å². The molecule has 0 atom stereocenters. The van der Waals surface area contributed by atoms with Crippen LogP contribution in [0, 0.1) is 0 Å². The Morgan fingerprint density at radius 3 is 2.63 bits per heavy atom. The van der Waals surface area contributed by atoms with E-state index in [4.69, 9.17) is 4.52 Å². The fourth-order valence-electron chi connectivity index (χ4n) is 2.78. The van der Waals surface area contributed by atoms with Gasteiger partial charge in [0.2, 0.25) is 5.95 Å². The van der Waals surface area contributed by atoms with Gasteiger partial charge in [-0.25, -0.2) is 9.97 Å². The second-order valence-electron chi connectivity index (χ2n) is 6.33. The average Bonchev–Trinajstić information content (AvgIpc) is 3.20. The molecule has 27 heavy (non-hydrogen) atoms. The first kappa shape index (κ1) is 17.1. The second kappa shape index (κ2) is 7.50. The van der Waals surface area contributed by atoms with Crippen LogP contribution in [-0.4, -0.2) is 64.1 Å². The third-order valence-corrected chi connectivity index (χ3v) is 4.37. The van der Waals surface area contributed by atoms with Crippen molar-refractivity contribution in [2.45, 2.75) is 0 Å². The molecule has 1 amide bonds. The lowest BCUT2D eigenvalue weighted by molar-refractivity contribution is 0.101. The summed E-state index contributed by atoms with van der Waals surface area (Å²) in [7, 11) is 2.10. The van der Waals surface area contributed by atoms with Crippen molar-refractivity contribution in [1.82, 2.24) is 25.0 Å². The number of carbonyl (C=O) groups excluding carboxylic acids is 1.